The third-order valence-electron chi connectivity index (χ3n) is 2.29. The molecule has 3 nitrogen and oxygen atoms in total. The van der Waals surface area contributed by atoms with Gasteiger partial charge in [-0.05, 0) is 30.7 Å². The first kappa shape index (κ1) is 12.5. The second-order valence-electron chi connectivity index (χ2n) is 3.64. The molecule has 0 bridgehead atoms. The van der Waals surface area contributed by atoms with Gasteiger partial charge in [0.25, 0.3) is 0 Å². The van der Waals surface area contributed by atoms with E-state index in [0.29, 0.717) is 13.2 Å². The number of nitrogens with zero attached hydrogens (tertiary/aromatic N) is 1. The molecule has 2 aromatic rings. The molecule has 0 fully saturated rings. The monoisotopic (exact) mass is 312 g/mol. The van der Waals surface area contributed by atoms with Crippen molar-refractivity contribution in [3.63, 3.8) is 0 Å². The largest absolute Gasteiger partial charge is 0.487 e. The van der Waals surface area contributed by atoms with Crippen molar-refractivity contribution in [3.8, 4) is 5.75 Å². The van der Waals surface area contributed by atoms with Gasteiger partial charge >= 0.3 is 0 Å². The molecule has 0 aliphatic rings. The Labute approximate surface area is 113 Å². The van der Waals surface area contributed by atoms with Crippen molar-refractivity contribution in [2.75, 3.05) is 0 Å². The predicted octanol–water partition coefficient (Wildman–Crippen LogP) is 3.25. The summed E-state index contributed by atoms with van der Waals surface area (Å²) in [4.78, 5) is 4.35. The average molecular weight is 313 g/mol. The Kier molecular flexibility index (Phi) is 4.15. The fourth-order valence-corrected chi connectivity index (χ4v) is 2.57. The minimum absolute atomic E-state index is 0.485. The van der Waals surface area contributed by atoms with Gasteiger partial charge < -0.3 is 10.5 Å². The maximum Gasteiger partial charge on any atom is 0.131 e. The topological polar surface area (TPSA) is 48.1 Å². The van der Waals surface area contributed by atoms with Crippen molar-refractivity contribution in [1.82, 2.24) is 4.98 Å². The Morgan fingerprint density at radius 3 is 2.94 bits per heavy atom. The second-order valence-corrected chi connectivity index (χ2v) is 5.49. The van der Waals surface area contributed by atoms with E-state index in [4.69, 9.17) is 10.5 Å². The van der Waals surface area contributed by atoms with E-state index in [-0.39, 0.29) is 0 Å². The van der Waals surface area contributed by atoms with Gasteiger partial charge in [-0.3, -0.25) is 0 Å². The molecule has 0 spiro atoms. The molecule has 0 amide bonds. The van der Waals surface area contributed by atoms with Crippen LogP contribution in [-0.2, 0) is 13.2 Å². The van der Waals surface area contributed by atoms with E-state index >= 15 is 0 Å². The van der Waals surface area contributed by atoms with Crippen molar-refractivity contribution in [3.05, 3.63) is 44.3 Å². The van der Waals surface area contributed by atoms with Crippen LogP contribution in [0.2, 0.25) is 0 Å². The molecular weight excluding hydrogens is 300 g/mol. The number of aryl methyl sites for hydroxylation is 1. The Bertz CT molecular complexity index is 513. The third kappa shape index (κ3) is 3.28. The second kappa shape index (κ2) is 5.62. The lowest BCUT2D eigenvalue weighted by Gasteiger charge is -2.07. The number of aromatic nitrogens is 1. The van der Waals surface area contributed by atoms with Crippen molar-refractivity contribution in [2.45, 2.75) is 20.1 Å². The van der Waals surface area contributed by atoms with Crippen molar-refractivity contribution >= 4 is 27.3 Å². The van der Waals surface area contributed by atoms with E-state index in [2.05, 4.69) is 20.9 Å². The average Bonchev–Trinajstić information content (AvgIpc) is 2.76. The lowest BCUT2D eigenvalue weighted by atomic mass is 10.2. The maximum atomic E-state index is 5.72. The third-order valence-corrected chi connectivity index (χ3v) is 3.70. The molecule has 0 aliphatic carbocycles. The molecule has 0 radical (unpaired) electrons. The van der Waals surface area contributed by atoms with Gasteiger partial charge in [0.1, 0.15) is 17.4 Å². The normalized spacial score (nSPS) is 10.5. The molecular formula is C12H13BrN2OS. The van der Waals surface area contributed by atoms with E-state index in [1.165, 1.54) is 0 Å². The van der Waals surface area contributed by atoms with Crippen molar-refractivity contribution in [1.29, 1.82) is 0 Å². The number of hydrogen-bond acceptors (Lipinski definition) is 4. The summed E-state index contributed by atoms with van der Waals surface area (Å²) in [7, 11) is 0. The smallest absolute Gasteiger partial charge is 0.131 e. The van der Waals surface area contributed by atoms with Crippen LogP contribution < -0.4 is 10.5 Å². The summed E-state index contributed by atoms with van der Waals surface area (Å²) in [6.45, 7) is 2.99. The van der Waals surface area contributed by atoms with Gasteiger partial charge in [-0.1, -0.05) is 15.9 Å². The lowest BCUT2D eigenvalue weighted by Crippen LogP contribution is -1.99. The van der Waals surface area contributed by atoms with Crippen LogP contribution in [0.5, 0.6) is 5.75 Å². The van der Waals surface area contributed by atoms with Crippen LogP contribution in [0.1, 0.15) is 16.3 Å². The van der Waals surface area contributed by atoms with Gasteiger partial charge in [0.05, 0.1) is 5.69 Å². The summed E-state index contributed by atoms with van der Waals surface area (Å²) in [5.41, 5.74) is 7.55. The van der Waals surface area contributed by atoms with Crippen LogP contribution in [0.3, 0.4) is 0 Å². The zero-order chi connectivity index (χ0) is 12.3. The molecule has 1 aromatic carbocycles. The van der Waals surface area contributed by atoms with E-state index in [1.807, 2.05) is 30.5 Å². The van der Waals surface area contributed by atoms with Gasteiger partial charge in [-0.15, -0.1) is 11.3 Å². The number of hydrogen-bond donors (Lipinski definition) is 1. The summed E-state index contributed by atoms with van der Waals surface area (Å²) in [6, 6.07) is 5.95. The van der Waals surface area contributed by atoms with Gasteiger partial charge in [0, 0.05) is 16.4 Å². The minimum Gasteiger partial charge on any atom is -0.487 e. The molecule has 2 rings (SSSR count). The molecule has 17 heavy (non-hydrogen) atoms. The number of benzene rings is 1. The van der Waals surface area contributed by atoms with E-state index in [1.54, 1.807) is 11.3 Å². The van der Waals surface area contributed by atoms with Crippen LogP contribution in [-0.4, -0.2) is 4.98 Å². The molecule has 0 saturated carbocycles. The van der Waals surface area contributed by atoms with Crippen LogP contribution in [0.4, 0.5) is 0 Å². The number of ether oxygens (including phenoxy) is 1. The van der Waals surface area contributed by atoms with Crippen molar-refractivity contribution < 1.29 is 4.74 Å². The first-order valence-corrected chi connectivity index (χ1v) is 6.88. The highest BCUT2D eigenvalue weighted by molar-refractivity contribution is 9.10. The number of thiazole rings is 1. The Hall–Kier alpha value is -0.910. The SMILES string of the molecule is Cc1cc(Br)ccc1OCc1csc(CN)n1. The Morgan fingerprint density at radius 2 is 2.29 bits per heavy atom. The van der Waals surface area contributed by atoms with Crippen molar-refractivity contribution in [2.24, 2.45) is 5.73 Å². The van der Waals surface area contributed by atoms with Gasteiger partial charge in [0.2, 0.25) is 0 Å². The lowest BCUT2D eigenvalue weighted by molar-refractivity contribution is 0.300. The fourth-order valence-electron chi connectivity index (χ4n) is 1.44. The van der Waals surface area contributed by atoms with Crippen LogP contribution in [0.15, 0.2) is 28.1 Å². The Morgan fingerprint density at radius 1 is 1.47 bits per heavy atom. The van der Waals surface area contributed by atoms with Crippen LogP contribution in [0, 0.1) is 6.92 Å². The highest BCUT2D eigenvalue weighted by atomic mass is 79.9. The number of halogens is 1. The van der Waals surface area contributed by atoms with Gasteiger partial charge in [0.15, 0.2) is 0 Å². The molecule has 0 atom stereocenters. The number of rotatable bonds is 4. The predicted molar refractivity (Wildman–Crippen MR) is 73.2 cm³/mol. The number of nitrogens with two attached hydrogens (primary N) is 1. The Balaban J connectivity index is 2.02. The van der Waals surface area contributed by atoms with E-state index in [9.17, 15) is 0 Å². The molecule has 0 saturated heterocycles. The molecule has 2 N–H and O–H groups in total. The summed E-state index contributed by atoms with van der Waals surface area (Å²) >= 11 is 4.99. The zero-order valence-corrected chi connectivity index (χ0v) is 11.8. The van der Waals surface area contributed by atoms with Gasteiger partial charge in [-0.25, -0.2) is 4.98 Å². The molecule has 1 aromatic heterocycles. The summed E-state index contributed by atoms with van der Waals surface area (Å²) < 4.78 is 6.78. The van der Waals surface area contributed by atoms with Crippen LogP contribution >= 0.6 is 27.3 Å². The summed E-state index contributed by atoms with van der Waals surface area (Å²) in [5, 5.41) is 2.92. The van der Waals surface area contributed by atoms with Crippen LogP contribution in [0.25, 0.3) is 0 Å². The van der Waals surface area contributed by atoms with E-state index < -0.39 is 0 Å². The van der Waals surface area contributed by atoms with Gasteiger partial charge in [-0.2, -0.15) is 0 Å². The molecule has 0 aliphatic heterocycles. The highest BCUT2D eigenvalue weighted by Crippen LogP contribution is 2.23. The summed E-state index contributed by atoms with van der Waals surface area (Å²) in [5.74, 6) is 0.885. The molecule has 0 unspecified atom stereocenters. The standard InChI is InChI=1S/C12H13BrN2OS/c1-8-4-9(13)2-3-11(8)16-6-10-7-17-12(5-14)15-10/h2-4,7H,5-6,14H2,1H3. The molecule has 90 valence electrons. The first-order valence-electron chi connectivity index (χ1n) is 5.21. The highest BCUT2D eigenvalue weighted by Gasteiger charge is 2.04. The quantitative estimate of drug-likeness (QED) is 0.942. The minimum atomic E-state index is 0.485. The first-order chi connectivity index (χ1) is 8.19. The van der Waals surface area contributed by atoms with E-state index in [0.717, 1.165) is 26.5 Å². The molecule has 5 heteroatoms. The molecule has 1 heterocycles. The fraction of sp³-hybridized carbons (Fsp3) is 0.250. The maximum absolute atomic E-state index is 5.72. The summed E-state index contributed by atoms with van der Waals surface area (Å²) in [6.07, 6.45) is 0. The zero-order valence-electron chi connectivity index (χ0n) is 9.44.